The third kappa shape index (κ3) is 8.56. The van der Waals surface area contributed by atoms with Crippen molar-refractivity contribution < 1.29 is 9.13 Å². The van der Waals surface area contributed by atoms with Crippen molar-refractivity contribution in [3.63, 3.8) is 0 Å². The van der Waals surface area contributed by atoms with E-state index in [1.807, 2.05) is 54.9 Å². The van der Waals surface area contributed by atoms with E-state index < -0.39 is 0 Å². The first kappa shape index (κ1) is 26.5. The van der Waals surface area contributed by atoms with Crippen LogP contribution in [0, 0.1) is 5.82 Å². The summed E-state index contributed by atoms with van der Waals surface area (Å²) >= 11 is 0. The van der Waals surface area contributed by atoms with Crippen LogP contribution in [0.25, 0.3) is 28.3 Å². The number of benzene rings is 2. The molecular formula is C31H37FN2O. The number of hydrogen-bond acceptors (Lipinski definition) is 3. The quantitative estimate of drug-likeness (QED) is 0.174. The third-order valence-electron chi connectivity index (χ3n) is 6.01. The van der Waals surface area contributed by atoms with Gasteiger partial charge in [0, 0.05) is 30.1 Å². The summed E-state index contributed by atoms with van der Waals surface area (Å²) in [5, 5.41) is 0. The van der Waals surface area contributed by atoms with Gasteiger partial charge in [-0.25, -0.2) is 14.4 Å². The average Bonchev–Trinajstić information content (AvgIpc) is 2.87. The number of unbranched alkanes of at least 4 members (excludes halogenated alkanes) is 3. The highest BCUT2D eigenvalue weighted by Crippen LogP contribution is 2.27. The van der Waals surface area contributed by atoms with Crippen molar-refractivity contribution in [1.29, 1.82) is 0 Å². The van der Waals surface area contributed by atoms with Gasteiger partial charge in [-0.05, 0) is 67.9 Å². The summed E-state index contributed by atoms with van der Waals surface area (Å²) in [7, 11) is 0. The number of allylic oxidation sites excluding steroid dienone is 2. The van der Waals surface area contributed by atoms with Crippen LogP contribution in [0.15, 0.2) is 73.6 Å². The second-order valence-corrected chi connectivity index (χ2v) is 8.94. The molecule has 184 valence electrons. The van der Waals surface area contributed by atoms with Crippen molar-refractivity contribution in [2.24, 2.45) is 0 Å². The number of ether oxygens (including phenoxy) is 1. The van der Waals surface area contributed by atoms with E-state index in [0.29, 0.717) is 23.9 Å². The molecule has 4 heteroatoms. The van der Waals surface area contributed by atoms with E-state index in [2.05, 4.69) is 36.5 Å². The molecule has 1 unspecified atom stereocenters. The van der Waals surface area contributed by atoms with Gasteiger partial charge in [-0.2, -0.15) is 0 Å². The zero-order valence-corrected chi connectivity index (χ0v) is 21.1. The van der Waals surface area contributed by atoms with Gasteiger partial charge in [-0.15, -0.1) is 6.58 Å². The van der Waals surface area contributed by atoms with Gasteiger partial charge >= 0.3 is 0 Å². The van der Waals surface area contributed by atoms with Gasteiger partial charge in [-0.3, -0.25) is 0 Å². The van der Waals surface area contributed by atoms with Crippen molar-refractivity contribution >= 4 is 6.08 Å². The predicted octanol–water partition coefficient (Wildman–Crippen LogP) is 8.46. The molecule has 35 heavy (non-hydrogen) atoms. The lowest BCUT2D eigenvalue weighted by molar-refractivity contribution is 0.0566. The Balaban J connectivity index is 1.49. The van der Waals surface area contributed by atoms with Crippen LogP contribution in [-0.4, -0.2) is 22.7 Å². The highest BCUT2D eigenvalue weighted by atomic mass is 19.1. The van der Waals surface area contributed by atoms with Crippen LogP contribution in [0.2, 0.25) is 0 Å². The van der Waals surface area contributed by atoms with Gasteiger partial charge < -0.3 is 4.74 Å². The maximum atomic E-state index is 14.5. The second kappa shape index (κ2) is 14.3. The lowest BCUT2D eigenvalue weighted by Crippen LogP contribution is -2.08. The molecule has 1 aromatic heterocycles. The minimum atomic E-state index is -0.217. The Labute approximate surface area is 209 Å². The highest BCUT2D eigenvalue weighted by Gasteiger charge is 2.07. The number of halogens is 1. The molecule has 0 bridgehead atoms. The molecule has 3 rings (SSSR count). The minimum absolute atomic E-state index is 0.217. The van der Waals surface area contributed by atoms with Crippen molar-refractivity contribution in [2.75, 3.05) is 6.61 Å². The maximum Gasteiger partial charge on any atom is 0.151 e. The fourth-order valence-electron chi connectivity index (χ4n) is 3.93. The monoisotopic (exact) mass is 472 g/mol. The van der Waals surface area contributed by atoms with Gasteiger partial charge in [0.15, 0.2) is 5.82 Å². The molecule has 2 aromatic carbocycles. The van der Waals surface area contributed by atoms with E-state index in [1.165, 1.54) is 12.8 Å². The first-order valence-corrected chi connectivity index (χ1v) is 12.7. The van der Waals surface area contributed by atoms with E-state index in [9.17, 15) is 4.39 Å². The summed E-state index contributed by atoms with van der Waals surface area (Å²) in [6.07, 6.45) is 17.3. The number of nitrogens with zero attached hydrogens (tertiary/aromatic N) is 2. The Kier molecular flexibility index (Phi) is 10.8. The Morgan fingerprint density at radius 1 is 0.971 bits per heavy atom. The van der Waals surface area contributed by atoms with Gasteiger partial charge in [0.1, 0.15) is 5.82 Å². The van der Waals surface area contributed by atoms with Gasteiger partial charge in [-0.1, -0.05) is 68.3 Å². The summed E-state index contributed by atoms with van der Waals surface area (Å²) < 4.78 is 20.4. The molecule has 0 N–H and O–H groups in total. The molecule has 0 aliphatic carbocycles. The van der Waals surface area contributed by atoms with Crippen LogP contribution < -0.4 is 0 Å². The maximum absolute atomic E-state index is 14.5. The minimum Gasteiger partial charge on any atom is -0.379 e. The topological polar surface area (TPSA) is 35.0 Å². The largest absolute Gasteiger partial charge is 0.379 e. The summed E-state index contributed by atoms with van der Waals surface area (Å²) in [4.78, 5) is 8.95. The van der Waals surface area contributed by atoms with E-state index in [-0.39, 0.29) is 5.82 Å². The first-order chi connectivity index (χ1) is 17.1. The SMILES string of the molecule is C=CCc1ccc(-c2ccc(-c3cnc(C=CCCCC(C)OCCCCC)nc3)cc2)c(F)c1. The molecule has 0 saturated heterocycles. The van der Waals surface area contributed by atoms with Crippen molar-refractivity contribution in [2.45, 2.75) is 64.9 Å². The van der Waals surface area contributed by atoms with E-state index in [1.54, 1.807) is 12.1 Å². The number of hydrogen-bond donors (Lipinski definition) is 0. The third-order valence-corrected chi connectivity index (χ3v) is 6.01. The zero-order valence-electron chi connectivity index (χ0n) is 21.1. The van der Waals surface area contributed by atoms with Gasteiger partial charge in [0.2, 0.25) is 0 Å². The molecule has 0 amide bonds. The highest BCUT2D eigenvalue weighted by molar-refractivity contribution is 5.70. The molecule has 0 aliphatic rings. The fraction of sp³-hybridized carbons (Fsp3) is 0.355. The molecule has 3 nitrogen and oxygen atoms in total. The Morgan fingerprint density at radius 2 is 1.71 bits per heavy atom. The molecule has 0 fully saturated rings. The van der Waals surface area contributed by atoms with Crippen LogP contribution in [0.3, 0.4) is 0 Å². The van der Waals surface area contributed by atoms with Gasteiger partial charge in [0.05, 0.1) is 6.10 Å². The normalized spacial score (nSPS) is 12.2. The van der Waals surface area contributed by atoms with Crippen molar-refractivity contribution in [3.05, 3.63) is 90.8 Å². The first-order valence-electron chi connectivity index (χ1n) is 12.7. The number of aromatic nitrogens is 2. The van der Waals surface area contributed by atoms with Gasteiger partial charge in [0.25, 0.3) is 0 Å². The lowest BCUT2D eigenvalue weighted by Gasteiger charge is -2.11. The van der Waals surface area contributed by atoms with Crippen LogP contribution in [0.1, 0.15) is 63.8 Å². The molecule has 1 heterocycles. The molecule has 0 radical (unpaired) electrons. The van der Waals surface area contributed by atoms with Crippen molar-refractivity contribution in [3.8, 4) is 22.3 Å². The van der Waals surface area contributed by atoms with E-state index in [4.69, 9.17) is 4.74 Å². The average molecular weight is 473 g/mol. The van der Waals surface area contributed by atoms with E-state index >= 15 is 0 Å². The van der Waals surface area contributed by atoms with Crippen LogP contribution in [0.5, 0.6) is 0 Å². The van der Waals surface area contributed by atoms with Crippen LogP contribution in [-0.2, 0) is 11.2 Å². The summed E-state index contributed by atoms with van der Waals surface area (Å²) in [5.74, 6) is 0.487. The molecule has 3 aromatic rings. The molecular weight excluding hydrogens is 435 g/mol. The zero-order chi connectivity index (χ0) is 24.9. The summed E-state index contributed by atoms with van der Waals surface area (Å²) in [5.41, 5.74) is 4.30. The molecule has 0 saturated carbocycles. The Hall–Kier alpha value is -3.11. The predicted molar refractivity (Wildman–Crippen MR) is 145 cm³/mol. The fourth-order valence-corrected chi connectivity index (χ4v) is 3.93. The molecule has 1 atom stereocenters. The summed E-state index contributed by atoms with van der Waals surface area (Å²) in [6, 6.07) is 13.2. The standard InChI is InChI=1S/C31H37FN2O/c1-4-6-10-20-35-24(3)12-8-7-9-13-31-33-22-28(23-34-31)26-15-17-27(18-16-26)29-19-14-25(11-5-2)21-30(29)32/h5,9,13-19,21-24H,2,4,6-8,10-12,20H2,1,3H3. The van der Waals surface area contributed by atoms with E-state index in [0.717, 1.165) is 54.5 Å². The van der Waals surface area contributed by atoms with Crippen molar-refractivity contribution in [1.82, 2.24) is 9.97 Å². The van der Waals surface area contributed by atoms with Crippen LogP contribution >= 0.6 is 0 Å². The summed E-state index contributed by atoms with van der Waals surface area (Å²) in [6.45, 7) is 8.94. The number of rotatable bonds is 14. The lowest BCUT2D eigenvalue weighted by atomic mass is 9.99. The van der Waals surface area contributed by atoms with Crippen LogP contribution in [0.4, 0.5) is 4.39 Å². The second-order valence-electron chi connectivity index (χ2n) is 8.94. The Bertz CT molecular complexity index is 1070. The Morgan fingerprint density at radius 3 is 2.40 bits per heavy atom. The molecule has 0 spiro atoms. The smallest absolute Gasteiger partial charge is 0.151 e. The molecule has 0 aliphatic heterocycles.